The third-order valence-electron chi connectivity index (χ3n) is 2.71. The minimum Gasteiger partial charge on any atom is -0.192 e. The molecule has 2 aromatic carbocycles. The predicted octanol–water partition coefficient (Wildman–Crippen LogP) is 4.98. The summed E-state index contributed by atoms with van der Waals surface area (Å²) in [7, 11) is 0. The van der Waals surface area contributed by atoms with Crippen LogP contribution >= 0.6 is 0 Å². The first-order valence-electron chi connectivity index (χ1n) is 6.41. The van der Waals surface area contributed by atoms with Crippen LogP contribution in [-0.2, 0) is 6.42 Å². The molecule has 0 unspecified atom stereocenters. The van der Waals surface area contributed by atoms with Gasteiger partial charge in [-0.25, -0.2) is 0 Å². The lowest BCUT2D eigenvalue weighted by atomic mass is 10.0. The summed E-state index contributed by atoms with van der Waals surface area (Å²) < 4.78 is 0. The van der Waals surface area contributed by atoms with E-state index in [2.05, 4.69) is 43.8 Å². The maximum Gasteiger partial charge on any atom is 0.0991 e. The van der Waals surface area contributed by atoms with E-state index in [1.165, 1.54) is 11.1 Å². The van der Waals surface area contributed by atoms with Gasteiger partial charge in [-0.05, 0) is 42.2 Å². The minimum atomic E-state index is 0.703. The fourth-order valence-electron chi connectivity index (χ4n) is 1.67. The Morgan fingerprint density at radius 3 is 1.79 bits per heavy atom. The number of hydrogen-bond donors (Lipinski definition) is 0. The van der Waals surface area contributed by atoms with Gasteiger partial charge in [0.05, 0.1) is 11.6 Å². The third-order valence-corrected chi connectivity index (χ3v) is 2.71. The summed E-state index contributed by atoms with van der Waals surface area (Å²) in [6, 6.07) is 18.3. The zero-order chi connectivity index (χ0) is 14.1. The molecule has 0 aromatic heterocycles. The standard InChI is InChI=1S/C15H13N.C3H6/c1-2-12-3-7-14(8-4-12)15-9-5-13(11-16)6-10-15;1-3-2/h3-10H,2H2,1H3;3H,1H2,2H3. The highest BCUT2D eigenvalue weighted by atomic mass is 14.2. The van der Waals surface area contributed by atoms with Gasteiger partial charge < -0.3 is 0 Å². The molecule has 0 saturated carbocycles. The SMILES string of the molecule is C=CC.CCc1ccc(-c2ccc(C#N)cc2)cc1. The molecule has 0 spiro atoms. The first kappa shape index (κ1) is 14.7. The average molecular weight is 249 g/mol. The minimum absolute atomic E-state index is 0.703. The molecule has 0 aliphatic rings. The van der Waals surface area contributed by atoms with Gasteiger partial charge in [0.25, 0.3) is 0 Å². The molecular formula is C18H19N. The molecule has 1 heteroatoms. The van der Waals surface area contributed by atoms with E-state index < -0.39 is 0 Å². The first-order chi connectivity index (χ1) is 9.24. The van der Waals surface area contributed by atoms with E-state index >= 15 is 0 Å². The molecule has 0 bridgehead atoms. The van der Waals surface area contributed by atoms with Gasteiger partial charge in [0.2, 0.25) is 0 Å². The largest absolute Gasteiger partial charge is 0.192 e. The van der Waals surface area contributed by atoms with Crippen LogP contribution in [0.4, 0.5) is 0 Å². The van der Waals surface area contributed by atoms with E-state index in [4.69, 9.17) is 5.26 Å². The molecule has 19 heavy (non-hydrogen) atoms. The van der Waals surface area contributed by atoms with Gasteiger partial charge in [0.15, 0.2) is 0 Å². The van der Waals surface area contributed by atoms with Crippen molar-refractivity contribution in [1.82, 2.24) is 0 Å². The van der Waals surface area contributed by atoms with Crippen molar-refractivity contribution in [2.45, 2.75) is 20.3 Å². The quantitative estimate of drug-likeness (QED) is 0.688. The maximum atomic E-state index is 8.72. The number of nitriles is 1. The molecular weight excluding hydrogens is 230 g/mol. The smallest absolute Gasteiger partial charge is 0.0991 e. The van der Waals surface area contributed by atoms with Crippen LogP contribution in [0.15, 0.2) is 61.2 Å². The Labute approximate surface area is 115 Å². The lowest BCUT2D eigenvalue weighted by molar-refractivity contribution is 1.14. The van der Waals surface area contributed by atoms with Crippen LogP contribution in [0, 0.1) is 11.3 Å². The summed E-state index contributed by atoms with van der Waals surface area (Å²) in [6.07, 6.45) is 2.81. The van der Waals surface area contributed by atoms with E-state index in [1.807, 2.05) is 31.2 Å². The number of aryl methyl sites for hydroxylation is 1. The summed E-state index contributed by atoms with van der Waals surface area (Å²) in [4.78, 5) is 0. The summed E-state index contributed by atoms with van der Waals surface area (Å²) in [5.41, 5.74) is 4.40. The monoisotopic (exact) mass is 249 g/mol. The second-order valence-corrected chi connectivity index (χ2v) is 4.15. The van der Waals surface area contributed by atoms with Crippen LogP contribution in [0.25, 0.3) is 11.1 Å². The van der Waals surface area contributed by atoms with Crippen molar-refractivity contribution in [2.75, 3.05) is 0 Å². The van der Waals surface area contributed by atoms with Gasteiger partial charge >= 0.3 is 0 Å². The number of rotatable bonds is 2. The number of benzene rings is 2. The molecule has 96 valence electrons. The van der Waals surface area contributed by atoms with Crippen LogP contribution in [0.2, 0.25) is 0 Å². The molecule has 0 saturated heterocycles. The number of hydrogen-bond acceptors (Lipinski definition) is 1. The van der Waals surface area contributed by atoms with Crippen molar-refractivity contribution < 1.29 is 0 Å². The van der Waals surface area contributed by atoms with E-state index in [0.717, 1.165) is 12.0 Å². The summed E-state index contributed by atoms with van der Waals surface area (Å²) in [5, 5.41) is 8.72. The molecule has 0 fully saturated rings. The molecule has 0 heterocycles. The van der Waals surface area contributed by atoms with Crippen molar-refractivity contribution in [3.63, 3.8) is 0 Å². The second-order valence-electron chi connectivity index (χ2n) is 4.15. The molecule has 0 aliphatic carbocycles. The van der Waals surface area contributed by atoms with Gasteiger partial charge in [0, 0.05) is 0 Å². The summed E-state index contributed by atoms with van der Waals surface area (Å²) >= 11 is 0. The third kappa shape index (κ3) is 4.44. The number of allylic oxidation sites excluding steroid dienone is 1. The molecule has 0 atom stereocenters. The lowest BCUT2D eigenvalue weighted by Gasteiger charge is -2.03. The normalized spacial score (nSPS) is 8.89. The van der Waals surface area contributed by atoms with Crippen molar-refractivity contribution in [1.29, 1.82) is 5.26 Å². The van der Waals surface area contributed by atoms with E-state index in [0.29, 0.717) is 5.56 Å². The zero-order valence-electron chi connectivity index (χ0n) is 11.6. The van der Waals surface area contributed by atoms with Gasteiger partial charge in [-0.3, -0.25) is 0 Å². The molecule has 2 rings (SSSR count). The van der Waals surface area contributed by atoms with Crippen LogP contribution in [0.5, 0.6) is 0 Å². The molecule has 0 N–H and O–H groups in total. The van der Waals surface area contributed by atoms with E-state index in [9.17, 15) is 0 Å². The van der Waals surface area contributed by atoms with Gasteiger partial charge in [0.1, 0.15) is 0 Å². The van der Waals surface area contributed by atoms with Crippen molar-refractivity contribution >= 4 is 0 Å². The van der Waals surface area contributed by atoms with Crippen molar-refractivity contribution in [3.8, 4) is 17.2 Å². The van der Waals surface area contributed by atoms with Crippen LogP contribution in [0.3, 0.4) is 0 Å². The molecule has 2 aromatic rings. The van der Waals surface area contributed by atoms with Crippen LogP contribution < -0.4 is 0 Å². The lowest BCUT2D eigenvalue weighted by Crippen LogP contribution is -1.82. The van der Waals surface area contributed by atoms with Crippen LogP contribution in [0.1, 0.15) is 25.0 Å². The van der Waals surface area contributed by atoms with Crippen molar-refractivity contribution in [2.24, 2.45) is 0 Å². The fourth-order valence-corrected chi connectivity index (χ4v) is 1.67. The van der Waals surface area contributed by atoms with Crippen molar-refractivity contribution in [3.05, 3.63) is 72.3 Å². The maximum absolute atomic E-state index is 8.72. The Morgan fingerprint density at radius 2 is 1.42 bits per heavy atom. The molecule has 0 amide bonds. The Kier molecular flexibility index (Phi) is 6.12. The first-order valence-corrected chi connectivity index (χ1v) is 6.41. The Hall–Kier alpha value is -2.33. The summed E-state index contributed by atoms with van der Waals surface area (Å²) in [6.45, 7) is 7.40. The van der Waals surface area contributed by atoms with E-state index in [1.54, 1.807) is 6.08 Å². The van der Waals surface area contributed by atoms with E-state index in [-0.39, 0.29) is 0 Å². The molecule has 1 nitrogen and oxygen atoms in total. The molecule has 0 aliphatic heterocycles. The molecule has 0 radical (unpaired) electrons. The second kappa shape index (κ2) is 7.89. The Balaban J connectivity index is 0.000000550. The average Bonchev–Trinajstić information content (AvgIpc) is 2.48. The highest BCUT2D eigenvalue weighted by Gasteiger charge is 1.97. The van der Waals surface area contributed by atoms with Gasteiger partial charge in [-0.1, -0.05) is 49.4 Å². The zero-order valence-corrected chi connectivity index (χ0v) is 11.6. The van der Waals surface area contributed by atoms with Gasteiger partial charge in [-0.15, -0.1) is 6.58 Å². The van der Waals surface area contributed by atoms with Gasteiger partial charge in [-0.2, -0.15) is 5.26 Å². The summed E-state index contributed by atoms with van der Waals surface area (Å²) in [5.74, 6) is 0. The van der Waals surface area contributed by atoms with Crippen LogP contribution in [-0.4, -0.2) is 0 Å². The number of nitrogens with zero attached hydrogens (tertiary/aromatic N) is 1. The highest BCUT2D eigenvalue weighted by Crippen LogP contribution is 2.20. The highest BCUT2D eigenvalue weighted by molar-refractivity contribution is 5.64. The fraction of sp³-hybridized carbons (Fsp3) is 0.167. The predicted molar refractivity (Wildman–Crippen MR) is 81.8 cm³/mol. The Morgan fingerprint density at radius 1 is 1.00 bits per heavy atom. The Bertz CT molecular complexity index is 542. The topological polar surface area (TPSA) is 23.8 Å².